The Morgan fingerprint density at radius 2 is 2.32 bits per heavy atom. The molecule has 1 aromatic heterocycles. The summed E-state index contributed by atoms with van der Waals surface area (Å²) in [4.78, 5) is 17.1. The lowest BCUT2D eigenvalue weighted by atomic mass is 9.85. The van der Waals surface area contributed by atoms with Crippen molar-refractivity contribution in [3.63, 3.8) is 0 Å². The number of carboxylic acid groups (broad SMARTS) is 1. The Bertz CT molecular complexity index is 450. The quantitative estimate of drug-likeness (QED) is 0.799. The zero-order chi connectivity index (χ0) is 13.7. The predicted octanol–water partition coefficient (Wildman–Crippen LogP) is 2.81. The van der Waals surface area contributed by atoms with Gasteiger partial charge in [-0.15, -0.1) is 0 Å². The molecule has 0 spiro atoms. The summed E-state index contributed by atoms with van der Waals surface area (Å²) in [6.07, 6.45) is 8.42. The molecule has 0 atom stereocenters. The third-order valence-corrected chi connectivity index (χ3v) is 3.60. The van der Waals surface area contributed by atoms with Crippen LogP contribution in [0.3, 0.4) is 0 Å². The molecule has 102 valence electrons. The Morgan fingerprint density at radius 3 is 2.79 bits per heavy atom. The molecule has 1 aliphatic carbocycles. The van der Waals surface area contributed by atoms with E-state index in [1.165, 1.54) is 19.3 Å². The van der Waals surface area contributed by atoms with Gasteiger partial charge in [-0.3, -0.25) is 0 Å². The van der Waals surface area contributed by atoms with E-state index in [9.17, 15) is 4.79 Å². The van der Waals surface area contributed by atoms with E-state index < -0.39 is 5.97 Å². The molecule has 0 saturated heterocycles. The Morgan fingerprint density at radius 1 is 1.53 bits per heavy atom. The molecular weight excluding hydrogens is 240 g/mol. The number of hydrogen-bond donors (Lipinski definition) is 1. The van der Waals surface area contributed by atoms with Gasteiger partial charge in [0.05, 0.1) is 0 Å². The highest BCUT2D eigenvalue weighted by atomic mass is 16.4. The van der Waals surface area contributed by atoms with Gasteiger partial charge >= 0.3 is 5.97 Å². The molecule has 1 heterocycles. The highest BCUT2D eigenvalue weighted by Crippen LogP contribution is 2.28. The average molecular weight is 260 g/mol. The van der Waals surface area contributed by atoms with Gasteiger partial charge in [0.25, 0.3) is 0 Å². The van der Waals surface area contributed by atoms with Crippen LogP contribution in [0.25, 0.3) is 6.08 Å². The van der Waals surface area contributed by atoms with Crippen LogP contribution in [0.1, 0.15) is 31.7 Å². The molecule has 0 amide bonds. The Hall–Kier alpha value is -1.84. The van der Waals surface area contributed by atoms with Crippen LogP contribution in [0.15, 0.2) is 24.4 Å². The largest absolute Gasteiger partial charge is 0.478 e. The van der Waals surface area contributed by atoms with E-state index in [4.69, 9.17) is 5.11 Å². The number of pyridine rings is 1. The van der Waals surface area contributed by atoms with Crippen molar-refractivity contribution < 1.29 is 9.90 Å². The summed E-state index contributed by atoms with van der Waals surface area (Å²) >= 11 is 0. The number of aliphatic carboxylic acids is 1. The molecular formula is C15H20N2O2. The summed E-state index contributed by atoms with van der Waals surface area (Å²) in [5.41, 5.74) is 0.811. The molecule has 0 radical (unpaired) electrons. The van der Waals surface area contributed by atoms with Gasteiger partial charge in [0.15, 0.2) is 0 Å². The maximum atomic E-state index is 10.4. The van der Waals surface area contributed by atoms with Crippen LogP contribution in [0.5, 0.6) is 0 Å². The standard InChI is InChI=1S/C15H20N2O2/c1-2-17(11-13-4-3-5-13)14-8-6-12(10-16-14)7-9-15(18)19/h6-10,13H,2-5,11H2,1H3,(H,18,19)/b9-7+. The van der Waals surface area contributed by atoms with E-state index in [-0.39, 0.29) is 0 Å². The Balaban J connectivity index is 2.00. The molecule has 1 saturated carbocycles. The minimum absolute atomic E-state index is 0.811. The minimum atomic E-state index is -0.941. The second kappa shape index (κ2) is 6.36. The number of carbonyl (C=O) groups is 1. The molecule has 1 N–H and O–H groups in total. The number of aromatic nitrogens is 1. The number of rotatable bonds is 6. The normalized spacial score (nSPS) is 15.4. The summed E-state index contributed by atoms with van der Waals surface area (Å²) in [5.74, 6) is 0.847. The third kappa shape index (κ3) is 3.81. The maximum Gasteiger partial charge on any atom is 0.328 e. The van der Waals surface area contributed by atoms with E-state index in [2.05, 4.69) is 16.8 Å². The molecule has 1 aromatic rings. The van der Waals surface area contributed by atoms with Crippen LogP contribution in [0, 0.1) is 5.92 Å². The van der Waals surface area contributed by atoms with E-state index in [0.717, 1.165) is 36.5 Å². The average Bonchev–Trinajstić information content (AvgIpc) is 2.36. The van der Waals surface area contributed by atoms with Crippen molar-refractivity contribution in [2.75, 3.05) is 18.0 Å². The molecule has 19 heavy (non-hydrogen) atoms. The summed E-state index contributed by atoms with van der Waals surface area (Å²) in [7, 11) is 0. The summed E-state index contributed by atoms with van der Waals surface area (Å²) < 4.78 is 0. The fourth-order valence-electron chi connectivity index (χ4n) is 2.22. The molecule has 4 heteroatoms. The third-order valence-electron chi connectivity index (χ3n) is 3.60. The molecule has 4 nitrogen and oxygen atoms in total. The van der Waals surface area contributed by atoms with Crippen molar-refractivity contribution in [2.45, 2.75) is 26.2 Å². The molecule has 0 aromatic carbocycles. The first-order chi connectivity index (χ1) is 9.19. The van der Waals surface area contributed by atoms with E-state index >= 15 is 0 Å². The van der Waals surface area contributed by atoms with Gasteiger partial charge < -0.3 is 10.0 Å². The fourth-order valence-corrected chi connectivity index (χ4v) is 2.22. The van der Waals surface area contributed by atoms with E-state index in [0.29, 0.717) is 0 Å². The van der Waals surface area contributed by atoms with Gasteiger partial charge in [-0.25, -0.2) is 9.78 Å². The van der Waals surface area contributed by atoms with Crippen LogP contribution in [-0.4, -0.2) is 29.1 Å². The first-order valence-electron chi connectivity index (χ1n) is 6.81. The molecule has 1 fully saturated rings. The monoisotopic (exact) mass is 260 g/mol. The van der Waals surface area contributed by atoms with Crippen LogP contribution >= 0.6 is 0 Å². The van der Waals surface area contributed by atoms with Crippen molar-refractivity contribution in [3.05, 3.63) is 30.0 Å². The van der Waals surface area contributed by atoms with Gasteiger partial charge in [-0.1, -0.05) is 6.42 Å². The highest BCUT2D eigenvalue weighted by Gasteiger charge is 2.20. The lowest BCUT2D eigenvalue weighted by molar-refractivity contribution is -0.131. The summed E-state index contributed by atoms with van der Waals surface area (Å²) in [6.45, 7) is 4.17. The van der Waals surface area contributed by atoms with Crippen molar-refractivity contribution in [1.82, 2.24) is 4.98 Å². The molecule has 0 aliphatic heterocycles. The summed E-state index contributed by atoms with van der Waals surface area (Å²) in [5, 5.41) is 8.57. The zero-order valence-corrected chi connectivity index (χ0v) is 11.2. The first kappa shape index (κ1) is 13.6. The topological polar surface area (TPSA) is 53.4 Å². The molecule has 0 unspecified atom stereocenters. The van der Waals surface area contributed by atoms with Crippen LogP contribution < -0.4 is 4.90 Å². The maximum absolute atomic E-state index is 10.4. The molecule has 0 bridgehead atoms. The van der Waals surface area contributed by atoms with Crippen molar-refractivity contribution in [2.24, 2.45) is 5.92 Å². The number of nitrogens with zero attached hydrogens (tertiary/aromatic N) is 2. The number of carboxylic acids is 1. The second-order valence-electron chi connectivity index (χ2n) is 4.96. The Kier molecular flexibility index (Phi) is 4.55. The first-order valence-corrected chi connectivity index (χ1v) is 6.81. The minimum Gasteiger partial charge on any atom is -0.478 e. The van der Waals surface area contributed by atoms with Gasteiger partial charge in [0.1, 0.15) is 5.82 Å². The zero-order valence-electron chi connectivity index (χ0n) is 11.2. The summed E-state index contributed by atoms with van der Waals surface area (Å²) in [6, 6.07) is 3.87. The van der Waals surface area contributed by atoms with Gasteiger partial charge in [0.2, 0.25) is 0 Å². The molecule has 1 aliphatic rings. The van der Waals surface area contributed by atoms with Gasteiger partial charge in [-0.2, -0.15) is 0 Å². The van der Waals surface area contributed by atoms with E-state index in [1.807, 2.05) is 12.1 Å². The van der Waals surface area contributed by atoms with Gasteiger partial charge in [0, 0.05) is 25.4 Å². The predicted molar refractivity (Wildman–Crippen MR) is 76.1 cm³/mol. The van der Waals surface area contributed by atoms with Crippen LogP contribution in [0.4, 0.5) is 5.82 Å². The lowest BCUT2D eigenvalue weighted by Crippen LogP contribution is -2.32. The van der Waals surface area contributed by atoms with Crippen LogP contribution in [-0.2, 0) is 4.79 Å². The van der Waals surface area contributed by atoms with E-state index in [1.54, 1.807) is 12.3 Å². The fraction of sp³-hybridized carbons (Fsp3) is 0.467. The lowest BCUT2D eigenvalue weighted by Gasteiger charge is -2.32. The van der Waals surface area contributed by atoms with Crippen molar-refractivity contribution >= 4 is 17.9 Å². The Labute approximate surface area is 113 Å². The smallest absolute Gasteiger partial charge is 0.328 e. The van der Waals surface area contributed by atoms with Crippen LogP contribution in [0.2, 0.25) is 0 Å². The molecule has 2 rings (SSSR count). The second-order valence-corrected chi connectivity index (χ2v) is 4.96. The SMILES string of the molecule is CCN(CC1CCC1)c1ccc(/C=C/C(=O)O)cn1. The van der Waals surface area contributed by atoms with Crippen molar-refractivity contribution in [3.8, 4) is 0 Å². The van der Waals surface area contributed by atoms with Crippen molar-refractivity contribution in [1.29, 1.82) is 0 Å². The number of hydrogen-bond acceptors (Lipinski definition) is 3. The highest BCUT2D eigenvalue weighted by molar-refractivity contribution is 5.85. The van der Waals surface area contributed by atoms with Gasteiger partial charge in [-0.05, 0) is 49.5 Å². The number of anilines is 1.